The Bertz CT molecular complexity index is 1090. The number of esters is 1. The molecule has 0 aromatic rings. The Hall–Kier alpha value is -1.02. The maximum Gasteiger partial charge on any atom is 0.306 e. The van der Waals surface area contributed by atoms with Crippen LogP contribution in [0.4, 0.5) is 0 Å². The molecule has 0 spiro atoms. The molecule has 0 radical (unpaired) electrons. The summed E-state index contributed by atoms with van der Waals surface area (Å²) in [5.41, 5.74) is 0. The van der Waals surface area contributed by atoms with Crippen LogP contribution in [0.2, 0.25) is 0 Å². The topological polar surface area (TPSA) is 94.1 Å². The smallest absolute Gasteiger partial charge is 0.306 e. The molecule has 0 rings (SSSR count). The molecule has 0 fully saturated rings. The van der Waals surface area contributed by atoms with E-state index in [2.05, 4.69) is 38.2 Å². The third kappa shape index (κ3) is 53.8. The summed E-state index contributed by atoms with van der Waals surface area (Å²) in [5, 5.41) is 0. The summed E-state index contributed by atoms with van der Waals surface area (Å²) in [4.78, 5) is 25.2. The van der Waals surface area contributed by atoms with Crippen molar-refractivity contribution in [1.29, 1.82) is 0 Å². The molecule has 65 heavy (non-hydrogen) atoms. The Morgan fingerprint density at radius 1 is 0.477 bits per heavy atom. The second-order valence-corrected chi connectivity index (χ2v) is 21.7. The number of hydrogen-bond acceptors (Lipinski definition) is 7. The van der Waals surface area contributed by atoms with Crippen molar-refractivity contribution in [2.45, 2.75) is 277 Å². The molecule has 0 N–H and O–H groups in total. The Labute approximate surface area is 404 Å². The van der Waals surface area contributed by atoms with Gasteiger partial charge in [0.2, 0.25) is 0 Å². The fraction of sp³-hybridized carbons (Fsp3) is 0.911. The summed E-state index contributed by atoms with van der Waals surface area (Å²) < 4.78 is 34.8. The molecule has 386 valence electrons. The van der Waals surface area contributed by atoms with E-state index in [0.717, 1.165) is 38.5 Å². The number of unbranched alkanes of at least 4 members (excludes halogenated alkanes) is 35. The summed E-state index contributed by atoms with van der Waals surface area (Å²) in [6.07, 6.45) is 59.3. The van der Waals surface area contributed by atoms with Crippen LogP contribution in [-0.2, 0) is 27.9 Å². The molecule has 0 bridgehead atoms. The lowest BCUT2D eigenvalue weighted by Gasteiger charge is -2.28. The van der Waals surface area contributed by atoms with E-state index in [1.807, 2.05) is 21.1 Å². The first-order valence-corrected chi connectivity index (χ1v) is 29.5. The van der Waals surface area contributed by atoms with Crippen molar-refractivity contribution in [3.63, 3.8) is 0 Å². The van der Waals surface area contributed by atoms with Gasteiger partial charge in [-0.1, -0.05) is 244 Å². The van der Waals surface area contributed by atoms with Crippen LogP contribution in [0.1, 0.15) is 271 Å². The third-order valence-corrected chi connectivity index (χ3v) is 13.5. The van der Waals surface area contributed by atoms with Gasteiger partial charge < -0.3 is 27.9 Å². The highest BCUT2D eigenvalue weighted by Crippen LogP contribution is 2.38. The number of quaternary nitrogens is 1. The molecule has 0 heterocycles. The van der Waals surface area contributed by atoms with Crippen LogP contribution in [0.3, 0.4) is 0 Å². The Morgan fingerprint density at radius 3 is 1.28 bits per heavy atom. The van der Waals surface area contributed by atoms with Crippen molar-refractivity contribution in [3.8, 4) is 0 Å². The van der Waals surface area contributed by atoms with Gasteiger partial charge in [0.1, 0.15) is 19.3 Å². The van der Waals surface area contributed by atoms with E-state index in [4.69, 9.17) is 18.5 Å². The van der Waals surface area contributed by atoms with Gasteiger partial charge in [0, 0.05) is 13.0 Å². The van der Waals surface area contributed by atoms with E-state index in [0.29, 0.717) is 24.1 Å². The normalized spacial score (nSPS) is 13.6. The average Bonchev–Trinajstić information content (AvgIpc) is 3.27. The zero-order valence-electron chi connectivity index (χ0n) is 44.0. The monoisotopic (exact) mass is 940 g/mol. The molecule has 9 heteroatoms. The Morgan fingerprint density at radius 2 is 0.846 bits per heavy atom. The number of phosphoric acid groups is 1. The number of phosphoric ester groups is 1. The lowest BCUT2D eigenvalue weighted by Crippen LogP contribution is -2.37. The molecular weight excluding hydrogens is 830 g/mol. The fourth-order valence-electron chi connectivity index (χ4n) is 8.17. The summed E-state index contributed by atoms with van der Waals surface area (Å²) in [5.74, 6) is -0.333. The van der Waals surface area contributed by atoms with Crippen molar-refractivity contribution >= 4 is 13.8 Å². The van der Waals surface area contributed by atoms with Gasteiger partial charge in [0.05, 0.1) is 34.4 Å². The van der Waals surface area contributed by atoms with E-state index < -0.39 is 13.9 Å². The SMILES string of the molecule is CCCCC/C=C\C/C=C\CCCCCCCCCCCC(=O)OC(COCCCCCCCCCCCCCCCCCCCCCCCCCC)COP(=O)([O-])OCC[N+](C)(C)C. The van der Waals surface area contributed by atoms with Crippen molar-refractivity contribution in [2.24, 2.45) is 0 Å². The molecule has 8 nitrogen and oxygen atoms in total. The van der Waals surface area contributed by atoms with Crippen molar-refractivity contribution in [3.05, 3.63) is 24.3 Å². The minimum atomic E-state index is -4.53. The van der Waals surface area contributed by atoms with E-state index in [1.165, 1.54) is 212 Å². The Balaban J connectivity index is 4.04. The second kappa shape index (κ2) is 49.4. The lowest BCUT2D eigenvalue weighted by molar-refractivity contribution is -0.870. The number of carbonyl (C=O) groups excluding carboxylic acids is 1. The number of hydrogen-bond donors (Lipinski definition) is 0. The minimum absolute atomic E-state index is 0.0277. The van der Waals surface area contributed by atoms with Gasteiger partial charge in [-0.3, -0.25) is 9.36 Å². The maximum atomic E-state index is 12.8. The van der Waals surface area contributed by atoms with Crippen molar-refractivity contribution in [1.82, 2.24) is 0 Å². The van der Waals surface area contributed by atoms with Gasteiger partial charge in [0.25, 0.3) is 7.82 Å². The van der Waals surface area contributed by atoms with Gasteiger partial charge in [-0.05, 0) is 44.9 Å². The van der Waals surface area contributed by atoms with Gasteiger partial charge in [-0.15, -0.1) is 0 Å². The number of carbonyl (C=O) groups is 1. The van der Waals surface area contributed by atoms with Crippen molar-refractivity contribution in [2.75, 3.05) is 54.1 Å². The molecule has 0 saturated carbocycles. The molecule has 0 aromatic heterocycles. The lowest BCUT2D eigenvalue weighted by atomic mass is 10.0. The number of likely N-dealkylation sites (N-methyl/N-ethyl adjacent to an activating group) is 1. The first-order valence-electron chi connectivity index (χ1n) is 28.1. The minimum Gasteiger partial charge on any atom is -0.756 e. The number of nitrogens with zero attached hydrogens (tertiary/aromatic N) is 1. The molecule has 0 amide bonds. The fourth-order valence-corrected chi connectivity index (χ4v) is 8.90. The van der Waals surface area contributed by atoms with E-state index >= 15 is 0 Å². The zero-order chi connectivity index (χ0) is 47.6. The number of rotatable bonds is 53. The van der Waals surface area contributed by atoms with Gasteiger partial charge >= 0.3 is 5.97 Å². The highest BCUT2D eigenvalue weighted by Gasteiger charge is 2.20. The molecule has 0 aliphatic carbocycles. The van der Waals surface area contributed by atoms with Crippen LogP contribution in [-0.4, -0.2) is 70.7 Å². The number of allylic oxidation sites excluding steroid dienone is 4. The van der Waals surface area contributed by atoms with Crippen LogP contribution in [0, 0.1) is 0 Å². The predicted octanol–water partition coefficient (Wildman–Crippen LogP) is 16.9. The summed E-state index contributed by atoms with van der Waals surface area (Å²) >= 11 is 0. The Kier molecular flexibility index (Phi) is 48.6. The highest BCUT2D eigenvalue weighted by atomic mass is 31.2. The maximum absolute atomic E-state index is 12.8. The third-order valence-electron chi connectivity index (χ3n) is 12.5. The predicted molar refractivity (Wildman–Crippen MR) is 277 cm³/mol. The average molecular weight is 940 g/mol. The summed E-state index contributed by atoms with van der Waals surface area (Å²) in [6, 6.07) is 0. The van der Waals surface area contributed by atoms with E-state index in [1.54, 1.807) is 0 Å². The van der Waals surface area contributed by atoms with Gasteiger partial charge in [-0.25, -0.2) is 0 Å². The van der Waals surface area contributed by atoms with Crippen molar-refractivity contribution < 1.29 is 37.3 Å². The molecule has 2 unspecified atom stereocenters. The quantitative estimate of drug-likeness (QED) is 0.0197. The second-order valence-electron chi connectivity index (χ2n) is 20.3. The molecular formula is C56H110NO7P. The molecule has 0 aromatic carbocycles. The standard InChI is InChI=1S/C56H110NO7P/c1-6-8-10-12-14-16-18-20-22-24-26-27-28-29-30-32-34-36-38-40-42-44-46-48-51-61-53-55(54-63-65(59,60)62-52-50-57(3,4)5)64-56(58)49-47-45-43-41-39-37-35-33-31-25-23-21-19-17-15-13-11-9-7-2/h15,17,21,23,55H,6-14,16,18-20,22,24-54H2,1-5H3/b17-15-,23-21-. The van der Waals surface area contributed by atoms with Crippen LogP contribution >= 0.6 is 7.82 Å². The van der Waals surface area contributed by atoms with Crippen LogP contribution in [0.5, 0.6) is 0 Å². The zero-order valence-corrected chi connectivity index (χ0v) is 44.9. The molecule has 0 aliphatic rings. The van der Waals surface area contributed by atoms with E-state index in [9.17, 15) is 14.3 Å². The first kappa shape index (κ1) is 64.0. The number of ether oxygens (including phenoxy) is 2. The van der Waals surface area contributed by atoms with Gasteiger partial charge in [-0.2, -0.15) is 0 Å². The molecule has 0 aliphatic heterocycles. The van der Waals surface area contributed by atoms with Gasteiger partial charge in [0.15, 0.2) is 0 Å². The van der Waals surface area contributed by atoms with Crippen LogP contribution in [0.15, 0.2) is 24.3 Å². The van der Waals surface area contributed by atoms with Crippen LogP contribution in [0.25, 0.3) is 0 Å². The summed E-state index contributed by atoms with van der Waals surface area (Å²) in [6.45, 7) is 5.45. The largest absolute Gasteiger partial charge is 0.756 e. The molecule has 0 saturated heterocycles. The highest BCUT2D eigenvalue weighted by molar-refractivity contribution is 7.45. The van der Waals surface area contributed by atoms with E-state index in [-0.39, 0.29) is 25.8 Å². The summed E-state index contributed by atoms with van der Waals surface area (Å²) in [7, 11) is 1.37. The van der Waals surface area contributed by atoms with Crippen LogP contribution < -0.4 is 4.89 Å². The molecule has 2 atom stereocenters. The first-order chi connectivity index (χ1) is 31.6.